The second kappa shape index (κ2) is 3.96. The van der Waals surface area contributed by atoms with Gasteiger partial charge in [0.1, 0.15) is 0 Å². The van der Waals surface area contributed by atoms with Crippen LogP contribution in [0.25, 0.3) is 0 Å². The largest absolute Gasteiger partial charge is 0.366 e. The summed E-state index contributed by atoms with van der Waals surface area (Å²) in [6.45, 7) is 0. The molecular weight excluding hydrogens is 138 g/mol. The summed E-state index contributed by atoms with van der Waals surface area (Å²) in [5.74, 6) is -0.364. The lowest BCUT2D eigenvalue weighted by molar-refractivity contribution is -0.113. The topological polar surface area (TPSA) is 43.1 Å². The molecule has 0 aromatic heterocycles. The summed E-state index contributed by atoms with van der Waals surface area (Å²) in [6.07, 6.45) is 10.1. The Balaban J connectivity index is 2.47. The molecule has 2 nitrogen and oxygen atoms in total. The minimum atomic E-state index is -0.364. The van der Waals surface area contributed by atoms with Gasteiger partial charge in [0.05, 0.1) is 0 Å². The van der Waals surface area contributed by atoms with Crippen molar-refractivity contribution in [3.05, 3.63) is 23.8 Å². The van der Waals surface area contributed by atoms with Crippen LogP contribution in [0, 0.1) is 0 Å². The maximum Gasteiger partial charge on any atom is 0.241 e. The van der Waals surface area contributed by atoms with Gasteiger partial charge in [-0.2, -0.15) is 0 Å². The Hall–Kier alpha value is -1.05. The third-order valence-corrected chi connectivity index (χ3v) is 1.79. The fourth-order valence-corrected chi connectivity index (χ4v) is 1.20. The lowest BCUT2D eigenvalue weighted by atomic mass is 9.99. The van der Waals surface area contributed by atoms with Crippen molar-refractivity contribution >= 4 is 5.91 Å². The molecule has 0 aliphatic heterocycles. The zero-order valence-electron chi connectivity index (χ0n) is 6.55. The van der Waals surface area contributed by atoms with Crippen LogP contribution in [0.1, 0.15) is 25.7 Å². The Labute approximate surface area is 66.8 Å². The molecule has 11 heavy (non-hydrogen) atoms. The van der Waals surface area contributed by atoms with Gasteiger partial charge < -0.3 is 5.73 Å². The smallest absolute Gasteiger partial charge is 0.241 e. The predicted octanol–water partition coefficient (Wildman–Crippen LogP) is 1.53. The van der Waals surface area contributed by atoms with Crippen LogP contribution in [0.3, 0.4) is 0 Å². The first-order valence-electron chi connectivity index (χ1n) is 3.95. The molecule has 1 rings (SSSR count). The van der Waals surface area contributed by atoms with E-state index in [-0.39, 0.29) is 5.91 Å². The van der Waals surface area contributed by atoms with Gasteiger partial charge in [0.15, 0.2) is 0 Å². The highest BCUT2D eigenvalue weighted by atomic mass is 16.1. The lowest BCUT2D eigenvalue weighted by Gasteiger charge is -2.07. The summed E-state index contributed by atoms with van der Waals surface area (Å²) in [5, 5.41) is 0. The van der Waals surface area contributed by atoms with Crippen LogP contribution in [0.15, 0.2) is 23.8 Å². The maximum absolute atomic E-state index is 10.4. The van der Waals surface area contributed by atoms with Gasteiger partial charge in [0.25, 0.3) is 0 Å². The minimum Gasteiger partial charge on any atom is -0.366 e. The second-order valence-corrected chi connectivity index (χ2v) is 2.76. The average molecular weight is 151 g/mol. The third-order valence-electron chi connectivity index (χ3n) is 1.79. The molecule has 0 fully saturated rings. The zero-order valence-corrected chi connectivity index (χ0v) is 6.55. The summed E-state index contributed by atoms with van der Waals surface area (Å²) in [7, 11) is 0. The number of carbonyl (C=O) groups is 1. The average Bonchev–Trinajstić information content (AvgIpc) is 2.03. The fraction of sp³-hybridized carbons (Fsp3) is 0.444. The van der Waals surface area contributed by atoms with Crippen molar-refractivity contribution in [3.63, 3.8) is 0 Å². The molecule has 2 N–H and O–H groups in total. The van der Waals surface area contributed by atoms with E-state index in [1.807, 2.05) is 6.08 Å². The first-order valence-corrected chi connectivity index (χ1v) is 3.95. The molecule has 1 aliphatic rings. The summed E-state index contributed by atoms with van der Waals surface area (Å²) in [6, 6.07) is 0. The number of hydrogen-bond donors (Lipinski definition) is 1. The monoisotopic (exact) mass is 151 g/mol. The molecule has 0 saturated heterocycles. The zero-order chi connectivity index (χ0) is 8.10. The number of nitrogens with two attached hydrogens (primary N) is 1. The number of amides is 1. The van der Waals surface area contributed by atoms with Crippen molar-refractivity contribution in [2.75, 3.05) is 0 Å². The van der Waals surface area contributed by atoms with E-state index in [9.17, 15) is 4.79 Å². The molecule has 2 heteroatoms. The van der Waals surface area contributed by atoms with Crippen molar-refractivity contribution in [2.24, 2.45) is 5.73 Å². The normalized spacial score (nSPS) is 18.4. The van der Waals surface area contributed by atoms with Crippen molar-refractivity contribution in [2.45, 2.75) is 25.7 Å². The van der Waals surface area contributed by atoms with Crippen molar-refractivity contribution in [3.8, 4) is 0 Å². The Morgan fingerprint density at radius 1 is 1.55 bits per heavy atom. The van der Waals surface area contributed by atoms with Crippen molar-refractivity contribution < 1.29 is 4.79 Å². The van der Waals surface area contributed by atoms with E-state index in [4.69, 9.17) is 5.73 Å². The molecule has 60 valence electrons. The van der Waals surface area contributed by atoms with Crippen LogP contribution in [-0.2, 0) is 4.79 Å². The van der Waals surface area contributed by atoms with E-state index < -0.39 is 0 Å². The van der Waals surface area contributed by atoms with Crippen molar-refractivity contribution in [1.82, 2.24) is 0 Å². The van der Waals surface area contributed by atoms with Gasteiger partial charge in [-0.15, -0.1) is 0 Å². The molecule has 0 unspecified atom stereocenters. The molecule has 1 amide bonds. The van der Waals surface area contributed by atoms with Gasteiger partial charge in [0, 0.05) is 6.08 Å². The van der Waals surface area contributed by atoms with E-state index in [2.05, 4.69) is 6.08 Å². The number of hydrogen-bond acceptors (Lipinski definition) is 1. The van der Waals surface area contributed by atoms with Crippen LogP contribution in [0.4, 0.5) is 0 Å². The summed E-state index contributed by atoms with van der Waals surface area (Å²) in [4.78, 5) is 10.4. The number of carbonyl (C=O) groups excluding carboxylic acids is 1. The fourth-order valence-electron chi connectivity index (χ4n) is 1.20. The molecule has 0 aromatic rings. The van der Waals surface area contributed by atoms with Gasteiger partial charge in [-0.25, -0.2) is 0 Å². The number of allylic oxidation sites excluding steroid dienone is 3. The Kier molecular flexibility index (Phi) is 2.90. The SMILES string of the molecule is NC(=O)/C=C\C1=CCCCC1. The summed E-state index contributed by atoms with van der Waals surface area (Å²) < 4.78 is 0. The summed E-state index contributed by atoms with van der Waals surface area (Å²) >= 11 is 0. The maximum atomic E-state index is 10.4. The van der Waals surface area contributed by atoms with E-state index in [1.165, 1.54) is 24.5 Å². The highest BCUT2D eigenvalue weighted by Crippen LogP contribution is 2.17. The van der Waals surface area contributed by atoms with Crippen LogP contribution in [0.2, 0.25) is 0 Å². The van der Waals surface area contributed by atoms with Gasteiger partial charge in [-0.3, -0.25) is 4.79 Å². The van der Waals surface area contributed by atoms with Crippen LogP contribution < -0.4 is 5.73 Å². The minimum absolute atomic E-state index is 0.364. The van der Waals surface area contributed by atoms with Gasteiger partial charge in [-0.1, -0.05) is 17.7 Å². The molecule has 0 atom stereocenters. The molecule has 0 aromatic carbocycles. The molecule has 0 heterocycles. The van der Waals surface area contributed by atoms with E-state index in [0.717, 1.165) is 12.8 Å². The van der Waals surface area contributed by atoms with E-state index >= 15 is 0 Å². The number of rotatable bonds is 2. The molecule has 0 radical (unpaired) electrons. The Bertz CT molecular complexity index is 204. The molecule has 0 spiro atoms. The van der Waals surface area contributed by atoms with Gasteiger partial charge >= 0.3 is 0 Å². The van der Waals surface area contributed by atoms with E-state index in [0.29, 0.717) is 0 Å². The van der Waals surface area contributed by atoms with Gasteiger partial charge in [-0.05, 0) is 25.7 Å². The highest BCUT2D eigenvalue weighted by Gasteiger charge is 1.99. The van der Waals surface area contributed by atoms with E-state index in [1.54, 1.807) is 0 Å². The Morgan fingerprint density at radius 3 is 2.91 bits per heavy atom. The molecule has 0 bridgehead atoms. The first kappa shape index (κ1) is 8.05. The van der Waals surface area contributed by atoms with Gasteiger partial charge in [0.2, 0.25) is 5.91 Å². The summed E-state index contributed by atoms with van der Waals surface area (Å²) in [5.41, 5.74) is 6.20. The first-order chi connectivity index (χ1) is 5.29. The Morgan fingerprint density at radius 2 is 2.36 bits per heavy atom. The lowest BCUT2D eigenvalue weighted by Crippen LogP contribution is -2.05. The highest BCUT2D eigenvalue weighted by molar-refractivity contribution is 5.86. The number of primary amides is 1. The molecular formula is C9H13NO. The third kappa shape index (κ3) is 3.03. The van der Waals surface area contributed by atoms with Crippen LogP contribution in [-0.4, -0.2) is 5.91 Å². The van der Waals surface area contributed by atoms with Crippen LogP contribution >= 0.6 is 0 Å². The molecule has 1 aliphatic carbocycles. The quantitative estimate of drug-likeness (QED) is 0.597. The predicted molar refractivity (Wildman–Crippen MR) is 44.9 cm³/mol. The standard InChI is InChI=1S/C9H13NO/c10-9(11)7-6-8-4-2-1-3-5-8/h4,6-7H,1-3,5H2,(H2,10,11)/b7-6-. The van der Waals surface area contributed by atoms with Crippen LogP contribution in [0.5, 0.6) is 0 Å². The second-order valence-electron chi connectivity index (χ2n) is 2.76. The van der Waals surface area contributed by atoms with Crippen molar-refractivity contribution in [1.29, 1.82) is 0 Å². The molecule has 0 saturated carbocycles.